The molecule has 3 rings (SSSR count). The van der Waals surface area contributed by atoms with Crippen molar-refractivity contribution in [3.63, 3.8) is 0 Å². The van der Waals surface area contributed by atoms with Gasteiger partial charge in [-0.05, 0) is 25.3 Å². The fraction of sp³-hybridized carbons (Fsp3) is 0.412. The highest BCUT2D eigenvalue weighted by molar-refractivity contribution is 5.40. The van der Waals surface area contributed by atoms with Crippen LogP contribution in [-0.2, 0) is 10.2 Å². The number of aromatic nitrogens is 2. The quantitative estimate of drug-likeness (QED) is 0.941. The molecule has 0 bridgehead atoms. The Morgan fingerprint density at radius 1 is 1.10 bits per heavy atom. The second kappa shape index (κ2) is 5.82. The molecule has 0 atom stereocenters. The summed E-state index contributed by atoms with van der Waals surface area (Å²) >= 11 is 0. The molecule has 0 saturated carbocycles. The number of nitrogens with zero attached hydrogens (tertiary/aromatic N) is 2. The van der Waals surface area contributed by atoms with E-state index in [2.05, 4.69) is 29.6 Å². The zero-order chi connectivity index (χ0) is 14.7. The summed E-state index contributed by atoms with van der Waals surface area (Å²) in [6, 6.07) is 12.5. The number of nitrogens with one attached hydrogen (secondary N) is 1. The number of benzene rings is 1. The molecule has 1 N–H and O–H groups in total. The van der Waals surface area contributed by atoms with Crippen molar-refractivity contribution >= 4 is 5.82 Å². The van der Waals surface area contributed by atoms with Crippen LogP contribution in [0.25, 0.3) is 0 Å². The maximum atomic E-state index is 5.58. The molecule has 2 heterocycles. The van der Waals surface area contributed by atoms with Crippen LogP contribution < -0.4 is 5.32 Å². The number of hydrogen-bond acceptors (Lipinski definition) is 4. The van der Waals surface area contributed by atoms with Crippen molar-refractivity contribution in [2.24, 2.45) is 0 Å². The number of aryl methyl sites for hydroxylation is 1. The third-order valence-electron chi connectivity index (χ3n) is 4.21. The molecule has 4 heteroatoms. The normalized spacial score (nSPS) is 17.4. The van der Waals surface area contributed by atoms with E-state index in [0.29, 0.717) is 0 Å². The van der Waals surface area contributed by atoms with Gasteiger partial charge in [0.15, 0.2) is 0 Å². The first-order chi connectivity index (χ1) is 10.2. The molecule has 1 aromatic heterocycles. The van der Waals surface area contributed by atoms with Gasteiger partial charge in [-0.1, -0.05) is 30.3 Å². The summed E-state index contributed by atoms with van der Waals surface area (Å²) in [6.07, 6.45) is 1.84. The summed E-state index contributed by atoms with van der Waals surface area (Å²) in [7, 11) is 1.89. The van der Waals surface area contributed by atoms with Crippen LogP contribution in [0, 0.1) is 6.92 Å². The smallest absolute Gasteiger partial charge is 0.141 e. The Kier molecular flexibility index (Phi) is 3.88. The van der Waals surface area contributed by atoms with Gasteiger partial charge in [-0.2, -0.15) is 0 Å². The highest BCUT2D eigenvalue weighted by Gasteiger charge is 2.39. The largest absolute Gasteiger partial charge is 0.381 e. The van der Waals surface area contributed by atoms with Crippen LogP contribution in [-0.4, -0.2) is 30.2 Å². The van der Waals surface area contributed by atoms with E-state index in [9.17, 15) is 0 Å². The molecule has 1 fully saturated rings. The minimum Gasteiger partial charge on any atom is -0.381 e. The summed E-state index contributed by atoms with van der Waals surface area (Å²) < 4.78 is 5.58. The third-order valence-corrected chi connectivity index (χ3v) is 4.21. The Labute approximate surface area is 125 Å². The van der Waals surface area contributed by atoms with Gasteiger partial charge in [0, 0.05) is 32.0 Å². The molecule has 1 aromatic carbocycles. The average Bonchev–Trinajstić information content (AvgIpc) is 2.55. The zero-order valence-corrected chi connectivity index (χ0v) is 12.6. The van der Waals surface area contributed by atoms with Crippen LogP contribution >= 0.6 is 0 Å². The molecule has 21 heavy (non-hydrogen) atoms. The van der Waals surface area contributed by atoms with E-state index < -0.39 is 0 Å². The second-order valence-corrected chi connectivity index (χ2v) is 5.53. The number of rotatable bonds is 3. The van der Waals surface area contributed by atoms with Crippen LogP contribution in [0.4, 0.5) is 5.82 Å². The molecule has 4 nitrogen and oxygen atoms in total. The Morgan fingerprint density at radius 3 is 2.48 bits per heavy atom. The minimum atomic E-state index is -0.142. The van der Waals surface area contributed by atoms with Gasteiger partial charge in [0.2, 0.25) is 0 Å². The first kappa shape index (κ1) is 14.0. The Morgan fingerprint density at radius 2 is 1.81 bits per heavy atom. The lowest BCUT2D eigenvalue weighted by Gasteiger charge is -2.36. The maximum absolute atomic E-state index is 5.58. The molecule has 0 spiro atoms. The summed E-state index contributed by atoms with van der Waals surface area (Å²) in [4.78, 5) is 9.49. The molecular formula is C17H21N3O. The van der Waals surface area contributed by atoms with Crippen molar-refractivity contribution in [3.05, 3.63) is 53.5 Å². The van der Waals surface area contributed by atoms with E-state index in [-0.39, 0.29) is 5.41 Å². The molecule has 1 aliphatic heterocycles. The summed E-state index contributed by atoms with van der Waals surface area (Å²) in [5.74, 6) is 1.78. The van der Waals surface area contributed by atoms with Gasteiger partial charge >= 0.3 is 0 Å². The van der Waals surface area contributed by atoms with Gasteiger partial charge in [0.05, 0.1) is 5.41 Å². The van der Waals surface area contributed by atoms with Crippen LogP contribution in [0.15, 0.2) is 36.4 Å². The van der Waals surface area contributed by atoms with Crippen LogP contribution in [0.3, 0.4) is 0 Å². The highest BCUT2D eigenvalue weighted by Crippen LogP contribution is 2.39. The molecule has 2 aromatic rings. The molecule has 110 valence electrons. The molecule has 1 aliphatic rings. The van der Waals surface area contributed by atoms with Crippen LogP contribution in [0.5, 0.6) is 0 Å². The Bertz CT molecular complexity index is 607. The van der Waals surface area contributed by atoms with E-state index in [1.165, 1.54) is 5.56 Å². The van der Waals surface area contributed by atoms with Crippen molar-refractivity contribution in [3.8, 4) is 0 Å². The standard InChI is InChI=1S/C17H21N3O/c1-13-12-15(18-2)20-16(19-13)17(8-10-21-11-9-17)14-6-4-3-5-7-14/h3-7,12H,8-11H2,1-2H3,(H,18,19,20). The van der Waals surface area contributed by atoms with Crippen LogP contribution in [0.1, 0.15) is 29.9 Å². The lowest BCUT2D eigenvalue weighted by atomic mass is 9.73. The minimum absolute atomic E-state index is 0.142. The van der Waals surface area contributed by atoms with Gasteiger partial charge in [-0.25, -0.2) is 9.97 Å². The van der Waals surface area contributed by atoms with Crippen molar-refractivity contribution in [1.82, 2.24) is 9.97 Å². The fourth-order valence-corrected chi connectivity index (χ4v) is 3.03. The fourth-order valence-electron chi connectivity index (χ4n) is 3.03. The van der Waals surface area contributed by atoms with E-state index in [1.807, 2.05) is 26.1 Å². The van der Waals surface area contributed by atoms with Crippen LogP contribution in [0.2, 0.25) is 0 Å². The van der Waals surface area contributed by atoms with Gasteiger partial charge in [0.1, 0.15) is 11.6 Å². The summed E-state index contributed by atoms with van der Waals surface area (Å²) in [6.45, 7) is 3.52. The molecule has 0 amide bonds. The topological polar surface area (TPSA) is 47.0 Å². The van der Waals surface area contributed by atoms with E-state index >= 15 is 0 Å². The Hall–Kier alpha value is -1.94. The van der Waals surface area contributed by atoms with E-state index in [4.69, 9.17) is 14.7 Å². The first-order valence-corrected chi connectivity index (χ1v) is 7.42. The van der Waals surface area contributed by atoms with Crippen molar-refractivity contribution < 1.29 is 4.74 Å². The molecule has 0 aliphatic carbocycles. The lowest BCUT2D eigenvalue weighted by Crippen LogP contribution is -2.37. The summed E-state index contributed by atoms with van der Waals surface area (Å²) in [5, 5.41) is 3.13. The van der Waals surface area contributed by atoms with Crippen molar-refractivity contribution in [2.75, 3.05) is 25.6 Å². The van der Waals surface area contributed by atoms with Gasteiger partial charge in [-0.15, -0.1) is 0 Å². The van der Waals surface area contributed by atoms with Crippen molar-refractivity contribution in [2.45, 2.75) is 25.2 Å². The average molecular weight is 283 g/mol. The number of anilines is 1. The van der Waals surface area contributed by atoms with Gasteiger partial charge in [0.25, 0.3) is 0 Å². The third kappa shape index (κ3) is 2.63. The predicted molar refractivity (Wildman–Crippen MR) is 83.6 cm³/mol. The summed E-state index contributed by atoms with van der Waals surface area (Å²) in [5.41, 5.74) is 2.13. The van der Waals surface area contributed by atoms with Crippen molar-refractivity contribution in [1.29, 1.82) is 0 Å². The highest BCUT2D eigenvalue weighted by atomic mass is 16.5. The zero-order valence-electron chi connectivity index (χ0n) is 12.6. The monoisotopic (exact) mass is 283 g/mol. The van der Waals surface area contributed by atoms with Gasteiger partial charge in [-0.3, -0.25) is 0 Å². The second-order valence-electron chi connectivity index (χ2n) is 5.53. The number of ether oxygens (including phenoxy) is 1. The number of hydrogen-bond donors (Lipinski definition) is 1. The predicted octanol–water partition coefficient (Wildman–Crippen LogP) is 2.92. The molecule has 0 unspecified atom stereocenters. The molecule has 1 saturated heterocycles. The molecule has 0 radical (unpaired) electrons. The molecular weight excluding hydrogens is 262 g/mol. The Balaban J connectivity index is 2.14. The first-order valence-electron chi connectivity index (χ1n) is 7.42. The maximum Gasteiger partial charge on any atom is 0.141 e. The SMILES string of the molecule is CNc1cc(C)nc(C2(c3ccccc3)CCOCC2)n1. The van der Waals surface area contributed by atoms with Gasteiger partial charge < -0.3 is 10.1 Å². The van der Waals surface area contributed by atoms with E-state index in [0.717, 1.165) is 43.4 Å². The van der Waals surface area contributed by atoms with E-state index in [1.54, 1.807) is 0 Å². The lowest BCUT2D eigenvalue weighted by molar-refractivity contribution is 0.0604.